The van der Waals surface area contributed by atoms with E-state index in [1.807, 2.05) is 36.4 Å². The lowest BCUT2D eigenvalue weighted by atomic mass is 9.90. The highest BCUT2D eigenvalue weighted by Crippen LogP contribution is 2.40. The molecule has 5 rings (SSSR count). The van der Waals surface area contributed by atoms with Gasteiger partial charge in [-0.3, -0.25) is 9.36 Å². The maximum atomic E-state index is 13.8. The number of halogens is 1. The summed E-state index contributed by atoms with van der Waals surface area (Å²) in [6.07, 6.45) is 1.68. The second-order valence-electron chi connectivity index (χ2n) is 7.85. The van der Waals surface area contributed by atoms with E-state index in [1.165, 1.54) is 11.3 Å². The van der Waals surface area contributed by atoms with E-state index in [0.717, 1.165) is 10.8 Å². The van der Waals surface area contributed by atoms with Crippen LogP contribution in [0.4, 0.5) is 0 Å². The minimum absolute atomic E-state index is 0.201. The Bertz CT molecular complexity index is 1680. The fourth-order valence-corrected chi connectivity index (χ4v) is 5.68. The number of carbonyl (C=O) groups is 1. The summed E-state index contributed by atoms with van der Waals surface area (Å²) in [7, 11) is 1.58. The van der Waals surface area contributed by atoms with Crippen molar-refractivity contribution < 1.29 is 18.7 Å². The third-order valence-electron chi connectivity index (χ3n) is 5.81. The van der Waals surface area contributed by atoms with Crippen LogP contribution in [-0.4, -0.2) is 24.3 Å². The van der Waals surface area contributed by atoms with Crippen molar-refractivity contribution in [2.24, 2.45) is 4.99 Å². The molecule has 0 saturated carbocycles. The van der Waals surface area contributed by atoms with E-state index >= 15 is 0 Å². The van der Waals surface area contributed by atoms with Crippen molar-refractivity contribution in [3.63, 3.8) is 0 Å². The molecular weight excluding hydrogens is 532 g/mol. The van der Waals surface area contributed by atoms with Gasteiger partial charge in [0, 0.05) is 11.6 Å². The molecule has 35 heavy (non-hydrogen) atoms. The zero-order chi connectivity index (χ0) is 24.7. The van der Waals surface area contributed by atoms with Crippen LogP contribution in [0.1, 0.15) is 31.2 Å². The molecule has 2 aromatic carbocycles. The van der Waals surface area contributed by atoms with Crippen LogP contribution in [0.5, 0.6) is 5.75 Å². The Morgan fingerprint density at radius 1 is 1.23 bits per heavy atom. The number of carbonyl (C=O) groups excluding carboxylic acids is 1. The maximum Gasteiger partial charge on any atom is 0.338 e. The topological polar surface area (TPSA) is 83.0 Å². The lowest BCUT2D eigenvalue weighted by molar-refractivity contribution is -0.139. The number of fused-ring (bicyclic) bond motifs is 2. The van der Waals surface area contributed by atoms with Gasteiger partial charge in [0.25, 0.3) is 5.56 Å². The van der Waals surface area contributed by atoms with Crippen LogP contribution in [0, 0.1) is 0 Å². The van der Waals surface area contributed by atoms with Gasteiger partial charge in [-0.1, -0.05) is 41.7 Å². The molecule has 2 aromatic heterocycles. The van der Waals surface area contributed by atoms with Crippen LogP contribution in [0.3, 0.4) is 0 Å². The molecule has 4 aromatic rings. The molecule has 3 heterocycles. The number of benzene rings is 2. The van der Waals surface area contributed by atoms with E-state index in [9.17, 15) is 9.59 Å². The second-order valence-corrected chi connectivity index (χ2v) is 9.64. The summed E-state index contributed by atoms with van der Waals surface area (Å²) in [5, 5.41) is 1.83. The predicted molar refractivity (Wildman–Crippen MR) is 137 cm³/mol. The van der Waals surface area contributed by atoms with E-state index in [0.29, 0.717) is 42.3 Å². The molecule has 0 N–H and O–H groups in total. The molecule has 7 nitrogen and oxygen atoms in total. The first kappa shape index (κ1) is 23.3. The number of ether oxygens (including phenoxy) is 2. The smallest absolute Gasteiger partial charge is 0.338 e. The number of aromatic nitrogens is 1. The van der Waals surface area contributed by atoms with Gasteiger partial charge in [0.1, 0.15) is 17.6 Å². The van der Waals surface area contributed by atoms with Gasteiger partial charge in [-0.05, 0) is 58.7 Å². The molecule has 178 valence electrons. The van der Waals surface area contributed by atoms with Crippen LogP contribution in [0.15, 0.2) is 78.7 Å². The van der Waals surface area contributed by atoms with Gasteiger partial charge in [0.15, 0.2) is 9.47 Å². The monoisotopic (exact) mass is 552 g/mol. The Morgan fingerprint density at radius 3 is 2.74 bits per heavy atom. The standard InChI is InChI=1S/C26H21BrN2O5S/c1-4-33-25(31)21-14(2)28-26-29(24(30)19(35-26)13-16-10-12-20(27)34-16)23(21)22-17-8-6-5-7-15(17)9-11-18(22)32-3/h5-13,23H,4H2,1-3H3/b19-13+/t23-/m1/s1. The number of furan rings is 1. The van der Waals surface area contributed by atoms with Crippen molar-refractivity contribution in [2.75, 3.05) is 13.7 Å². The number of nitrogens with zero attached hydrogens (tertiary/aromatic N) is 2. The number of hydrogen-bond donors (Lipinski definition) is 0. The third-order valence-corrected chi connectivity index (χ3v) is 7.22. The van der Waals surface area contributed by atoms with E-state index in [-0.39, 0.29) is 12.2 Å². The summed E-state index contributed by atoms with van der Waals surface area (Å²) < 4.78 is 19.3. The summed E-state index contributed by atoms with van der Waals surface area (Å²) >= 11 is 4.53. The Balaban J connectivity index is 1.86. The number of rotatable bonds is 5. The number of allylic oxidation sites excluding steroid dienone is 1. The van der Waals surface area contributed by atoms with Crippen molar-refractivity contribution in [1.29, 1.82) is 0 Å². The molecule has 0 radical (unpaired) electrons. The van der Waals surface area contributed by atoms with Crippen molar-refractivity contribution in [3.8, 4) is 5.75 Å². The van der Waals surface area contributed by atoms with Gasteiger partial charge < -0.3 is 13.9 Å². The molecule has 0 amide bonds. The van der Waals surface area contributed by atoms with Gasteiger partial charge in [0.05, 0.1) is 29.5 Å². The van der Waals surface area contributed by atoms with Crippen LogP contribution in [-0.2, 0) is 9.53 Å². The summed E-state index contributed by atoms with van der Waals surface area (Å²) in [6, 6.07) is 14.4. The van der Waals surface area contributed by atoms with E-state index in [1.54, 1.807) is 43.7 Å². The van der Waals surface area contributed by atoms with E-state index in [4.69, 9.17) is 13.9 Å². The molecule has 0 bridgehead atoms. The van der Waals surface area contributed by atoms with Gasteiger partial charge in [-0.2, -0.15) is 0 Å². The lowest BCUT2D eigenvalue weighted by Gasteiger charge is -2.27. The number of methoxy groups -OCH3 is 1. The normalized spacial score (nSPS) is 15.8. The fraction of sp³-hybridized carbons (Fsp3) is 0.192. The molecule has 0 aliphatic carbocycles. The van der Waals surface area contributed by atoms with E-state index < -0.39 is 12.0 Å². The molecular formula is C26H21BrN2O5S. The second kappa shape index (κ2) is 9.31. The Hall–Kier alpha value is -3.43. The first-order chi connectivity index (χ1) is 16.9. The zero-order valence-electron chi connectivity index (χ0n) is 19.2. The minimum Gasteiger partial charge on any atom is -0.496 e. The highest BCUT2D eigenvalue weighted by Gasteiger charge is 2.36. The highest BCUT2D eigenvalue weighted by atomic mass is 79.9. The van der Waals surface area contributed by atoms with Crippen molar-refractivity contribution in [1.82, 2.24) is 4.57 Å². The first-order valence-electron chi connectivity index (χ1n) is 10.9. The Kier molecular flexibility index (Phi) is 6.21. The van der Waals surface area contributed by atoms with Gasteiger partial charge in [-0.15, -0.1) is 0 Å². The number of esters is 1. The summed E-state index contributed by atoms with van der Waals surface area (Å²) in [5.74, 6) is 0.579. The van der Waals surface area contributed by atoms with Crippen molar-refractivity contribution in [2.45, 2.75) is 19.9 Å². The van der Waals surface area contributed by atoms with Crippen molar-refractivity contribution >= 4 is 50.1 Å². The summed E-state index contributed by atoms with van der Waals surface area (Å²) in [6.45, 7) is 3.71. The van der Waals surface area contributed by atoms with Crippen LogP contribution in [0.25, 0.3) is 16.8 Å². The van der Waals surface area contributed by atoms with E-state index in [2.05, 4.69) is 20.9 Å². The molecule has 1 aliphatic rings. The summed E-state index contributed by atoms with van der Waals surface area (Å²) in [5.41, 5.74) is 1.23. The lowest BCUT2D eigenvalue weighted by Crippen LogP contribution is -2.40. The molecule has 0 fully saturated rings. The first-order valence-corrected chi connectivity index (χ1v) is 12.5. The quantitative estimate of drug-likeness (QED) is 0.344. The molecule has 1 aliphatic heterocycles. The molecule has 0 spiro atoms. The van der Waals surface area contributed by atoms with Gasteiger partial charge in [0.2, 0.25) is 0 Å². The van der Waals surface area contributed by atoms with Crippen LogP contribution in [0.2, 0.25) is 0 Å². The number of thiazole rings is 1. The van der Waals surface area contributed by atoms with Gasteiger partial charge in [-0.25, -0.2) is 9.79 Å². The zero-order valence-corrected chi connectivity index (χ0v) is 21.6. The van der Waals surface area contributed by atoms with Crippen molar-refractivity contribution in [3.05, 3.63) is 95.5 Å². The highest BCUT2D eigenvalue weighted by molar-refractivity contribution is 9.10. The molecule has 1 atom stereocenters. The molecule has 0 saturated heterocycles. The van der Waals surface area contributed by atoms with Crippen LogP contribution >= 0.6 is 27.3 Å². The van der Waals surface area contributed by atoms with Crippen LogP contribution < -0.4 is 19.6 Å². The minimum atomic E-state index is -0.781. The average molecular weight is 553 g/mol. The van der Waals surface area contributed by atoms with Gasteiger partial charge >= 0.3 is 5.97 Å². The summed E-state index contributed by atoms with van der Waals surface area (Å²) in [4.78, 5) is 32.1. The third kappa shape index (κ3) is 4.04. The number of hydrogen-bond acceptors (Lipinski definition) is 7. The molecule has 9 heteroatoms. The Morgan fingerprint density at radius 2 is 2.03 bits per heavy atom. The molecule has 0 unspecified atom stereocenters. The average Bonchev–Trinajstić information content (AvgIpc) is 3.39. The maximum absolute atomic E-state index is 13.8. The largest absolute Gasteiger partial charge is 0.496 e. The predicted octanol–water partition coefficient (Wildman–Crippen LogP) is 4.32. The Labute approximate surface area is 212 Å². The fourth-order valence-electron chi connectivity index (χ4n) is 4.34. The SMILES string of the molecule is CCOC(=O)C1=C(C)N=c2s/c(=C/c3ccc(Br)o3)c(=O)n2[C@H]1c1c(OC)ccc2ccccc12.